The molecule has 0 fully saturated rings. The lowest BCUT2D eigenvalue weighted by molar-refractivity contribution is -0.904. The Morgan fingerprint density at radius 1 is 1.34 bits per heavy atom. The van der Waals surface area contributed by atoms with Crippen molar-refractivity contribution in [3.05, 3.63) is 36.4 Å². The molecule has 2 heterocycles. The van der Waals surface area contributed by atoms with Crippen LogP contribution in [0, 0.1) is 6.92 Å². The predicted molar refractivity (Wildman–Crippen MR) is 97.7 cm³/mol. The second kappa shape index (κ2) is 8.80. The molecule has 0 saturated carbocycles. The number of hydrogen-bond donors (Lipinski definition) is 1. The second-order valence-electron chi connectivity index (χ2n) is 6.39. The lowest BCUT2D eigenvalue weighted by atomic mass is 10.3. The highest BCUT2D eigenvalue weighted by molar-refractivity contribution is 7.91. The highest BCUT2D eigenvalue weighted by Gasteiger charge is 2.30. The molecule has 2 aromatic rings. The normalized spacial score (nSPS) is 12.2. The van der Waals surface area contributed by atoms with Crippen LogP contribution in [0.1, 0.15) is 25.5 Å². The van der Waals surface area contributed by atoms with E-state index in [1.165, 1.54) is 22.0 Å². The zero-order valence-electron chi connectivity index (χ0n) is 15.9. The lowest BCUT2D eigenvalue weighted by Gasteiger charge is -2.20. The van der Waals surface area contributed by atoms with Gasteiger partial charge in [-0.15, -0.1) is 0 Å². The van der Waals surface area contributed by atoms with Gasteiger partial charge < -0.3 is 4.90 Å². The van der Waals surface area contributed by atoms with Gasteiger partial charge in [0.25, 0.3) is 0 Å². The molecule has 0 unspecified atom stereocenters. The molecular weight excluding hydrogens is 413 g/mol. The summed E-state index contributed by atoms with van der Waals surface area (Å²) in [7, 11) is -4.01. The molecule has 2 rings (SSSR count). The Balaban J connectivity index is 2.12. The standard InChI is InChI=1S/C17H22F3N4O4S/c1-3-23(16(25)6-9-29(27,28)10-7-17(18,19)20)15-12-24(21-13(15)2)14-5-4-8-22(26)11-14/h4-5,8,11-12,26H,3,6-7,9-10H2,1-2H3/q+1. The number of nitrogens with zero attached hydrogens (tertiary/aromatic N) is 4. The number of rotatable bonds is 8. The van der Waals surface area contributed by atoms with Crippen molar-refractivity contribution < 1.29 is 36.3 Å². The van der Waals surface area contributed by atoms with Crippen LogP contribution in [0.2, 0.25) is 0 Å². The maximum atomic E-state index is 12.5. The highest BCUT2D eigenvalue weighted by Crippen LogP contribution is 2.23. The minimum Gasteiger partial charge on any atom is -0.310 e. The summed E-state index contributed by atoms with van der Waals surface area (Å²) in [6, 6.07) is 3.29. The number of alkyl halides is 3. The van der Waals surface area contributed by atoms with Crippen molar-refractivity contribution in [3.8, 4) is 5.69 Å². The first-order valence-electron chi connectivity index (χ1n) is 8.76. The number of aromatic nitrogens is 3. The smallest absolute Gasteiger partial charge is 0.310 e. The molecule has 0 aliphatic carbocycles. The first-order valence-corrected chi connectivity index (χ1v) is 10.6. The van der Waals surface area contributed by atoms with E-state index in [4.69, 9.17) is 0 Å². The number of amides is 1. The van der Waals surface area contributed by atoms with Crippen LogP contribution in [-0.2, 0) is 14.6 Å². The number of sulfone groups is 1. The quantitative estimate of drug-likeness (QED) is 0.504. The van der Waals surface area contributed by atoms with E-state index in [2.05, 4.69) is 5.10 Å². The van der Waals surface area contributed by atoms with Crippen molar-refractivity contribution in [2.75, 3.05) is 23.0 Å². The van der Waals surface area contributed by atoms with E-state index in [-0.39, 0.29) is 6.54 Å². The van der Waals surface area contributed by atoms with Crippen LogP contribution in [0.15, 0.2) is 30.7 Å². The average molecular weight is 435 g/mol. The molecular formula is C17H22F3N4O4S+. The maximum absolute atomic E-state index is 12.5. The molecule has 0 aromatic carbocycles. The van der Waals surface area contributed by atoms with E-state index in [1.807, 2.05) is 0 Å². The van der Waals surface area contributed by atoms with Gasteiger partial charge in [-0.3, -0.25) is 10.0 Å². The fourth-order valence-electron chi connectivity index (χ4n) is 2.67. The Morgan fingerprint density at radius 2 is 2.03 bits per heavy atom. The largest absolute Gasteiger partial charge is 0.390 e. The number of carbonyl (C=O) groups is 1. The topological polar surface area (TPSA) is 96.4 Å². The monoisotopic (exact) mass is 435 g/mol. The third kappa shape index (κ3) is 6.44. The van der Waals surface area contributed by atoms with Gasteiger partial charge in [0.2, 0.25) is 18.3 Å². The maximum Gasteiger partial charge on any atom is 0.390 e. The summed E-state index contributed by atoms with van der Waals surface area (Å²) in [5, 5.41) is 13.8. The molecule has 160 valence electrons. The van der Waals surface area contributed by atoms with E-state index in [1.54, 1.807) is 32.2 Å². The van der Waals surface area contributed by atoms with Crippen molar-refractivity contribution in [1.82, 2.24) is 9.78 Å². The molecule has 1 amide bonds. The molecule has 1 N–H and O–H groups in total. The summed E-state index contributed by atoms with van der Waals surface area (Å²) in [4.78, 5) is 13.9. The van der Waals surface area contributed by atoms with Gasteiger partial charge in [0.05, 0.1) is 35.5 Å². The van der Waals surface area contributed by atoms with Crippen LogP contribution < -0.4 is 9.63 Å². The van der Waals surface area contributed by atoms with Gasteiger partial charge >= 0.3 is 6.18 Å². The summed E-state index contributed by atoms with van der Waals surface area (Å²) >= 11 is 0. The van der Waals surface area contributed by atoms with Gasteiger partial charge in [0.15, 0.2) is 9.84 Å². The van der Waals surface area contributed by atoms with Crippen LogP contribution in [0.4, 0.5) is 18.9 Å². The van der Waals surface area contributed by atoms with Crippen LogP contribution in [-0.4, -0.2) is 53.5 Å². The van der Waals surface area contributed by atoms with Crippen LogP contribution in [0.5, 0.6) is 0 Å². The van der Waals surface area contributed by atoms with Crippen molar-refractivity contribution in [1.29, 1.82) is 0 Å². The summed E-state index contributed by atoms with van der Waals surface area (Å²) < 4.78 is 62.6. The molecule has 0 atom stereocenters. The van der Waals surface area contributed by atoms with Gasteiger partial charge in [0.1, 0.15) is 5.69 Å². The van der Waals surface area contributed by atoms with Crippen molar-refractivity contribution in [2.24, 2.45) is 0 Å². The zero-order chi connectivity index (χ0) is 21.8. The Kier molecular flexibility index (Phi) is 6.88. The van der Waals surface area contributed by atoms with E-state index in [0.29, 0.717) is 17.1 Å². The molecule has 0 aliphatic heterocycles. The number of halogens is 3. The number of aryl methyl sites for hydroxylation is 1. The zero-order valence-corrected chi connectivity index (χ0v) is 16.7. The molecule has 12 heteroatoms. The third-order valence-corrected chi connectivity index (χ3v) is 5.79. The van der Waals surface area contributed by atoms with Gasteiger partial charge in [-0.25, -0.2) is 13.1 Å². The predicted octanol–water partition coefficient (Wildman–Crippen LogP) is 1.82. The van der Waals surface area contributed by atoms with Crippen molar-refractivity contribution in [3.63, 3.8) is 0 Å². The fourth-order valence-corrected chi connectivity index (χ4v) is 3.90. The van der Waals surface area contributed by atoms with Crippen LogP contribution in [0.3, 0.4) is 0 Å². The van der Waals surface area contributed by atoms with Gasteiger partial charge in [-0.05, 0) is 19.9 Å². The first-order chi connectivity index (χ1) is 13.4. The summed E-state index contributed by atoms with van der Waals surface area (Å²) in [6.07, 6.45) is -2.05. The minimum absolute atomic E-state index is 0.225. The molecule has 0 bridgehead atoms. The number of carbonyl (C=O) groups excluding carboxylic acids is 1. The number of pyridine rings is 1. The summed E-state index contributed by atoms with van der Waals surface area (Å²) in [5.74, 6) is -2.23. The minimum atomic E-state index is -4.57. The van der Waals surface area contributed by atoms with Gasteiger partial charge in [-0.1, -0.05) is 0 Å². The van der Waals surface area contributed by atoms with Crippen molar-refractivity contribution >= 4 is 21.4 Å². The Morgan fingerprint density at radius 3 is 2.62 bits per heavy atom. The summed E-state index contributed by atoms with van der Waals surface area (Å²) in [5.41, 5.74) is 1.47. The van der Waals surface area contributed by atoms with Crippen LogP contribution in [0.25, 0.3) is 5.69 Å². The third-order valence-electron chi connectivity index (χ3n) is 4.14. The van der Waals surface area contributed by atoms with E-state index < -0.39 is 46.3 Å². The van der Waals surface area contributed by atoms with Gasteiger partial charge in [0, 0.05) is 23.8 Å². The molecule has 0 aliphatic rings. The Bertz CT molecular complexity index is 973. The number of hydrogen-bond acceptors (Lipinski definition) is 5. The Hall–Kier alpha value is -2.63. The second-order valence-corrected chi connectivity index (χ2v) is 8.70. The van der Waals surface area contributed by atoms with E-state index in [0.717, 1.165) is 4.73 Å². The SMILES string of the molecule is CCN(C(=O)CCS(=O)(=O)CCC(F)(F)F)c1cn(-c2ccc[n+](O)c2)nc1C. The van der Waals surface area contributed by atoms with Gasteiger partial charge in [-0.2, -0.15) is 18.3 Å². The number of anilines is 1. The molecule has 8 nitrogen and oxygen atoms in total. The average Bonchev–Trinajstić information content (AvgIpc) is 3.00. The molecule has 0 radical (unpaired) electrons. The molecule has 0 saturated heterocycles. The van der Waals surface area contributed by atoms with Crippen LogP contribution >= 0.6 is 0 Å². The molecule has 2 aromatic heterocycles. The summed E-state index contributed by atoms with van der Waals surface area (Å²) in [6.45, 7) is 3.58. The Labute approximate surface area is 166 Å². The molecule has 29 heavy (non-hydrogen) atoms. The molecule has 0 spiro atoms. The van der Waals surface area contributed by atoms with E-state index >= 15 is 0 Å². The van der Waals surface area contributed by atoms with Crippen molar-refractivity contribution in [2.45, 2.75) is 32.9 Å². The fraction of sp³-hybridized carbons (Fsp3) is 0.471. The first kappa shape index (κ1) is 22.7. The highest BCUT2D eigenvalue weighted by atomic mass is 32.2. The van der Waals surface area contributed by atoms with E-state index in [9.17, 15) is 31.6 Å². The lowest BCUT2D eigenvalue weighted by Crippen LogP contribution is -2.32.